The average Bonchev–Trinajstić information content (AvgIpc) is 3.12. The summed E-state index contributed by atoms with van der Waals surface area (Å²) in [6.45, 7) is 5.74. The van der Waals surface area contributed by atoms with Crippen molar-refractivity contribution < 1.29 is 16.8 Å². The van der Waals surface area contributed by atoms with Gasteiger partial charge >= 0.3 is 0 Å². The van der Waals surface area contributed by atoms with Crippen LogP contribution in [0.1, 0.15) is 26.7 Å². The first kappa shape index (κ1) is 18.8. The number of hydrogen-bond acceptors (Lipinski definition) is 5. The lowest BCUT2D eigenvalue weighted by Gasteiger charge is -2.37. The maximum Gasteiger partial charge on any atom is 0.243 e. The van der Waals surface area contributed by atoms with E-state index >= 15 is 0 Å². The molecule has 2 unspecified atom stereocenters. The SMILES string of the molecule is CC1NCCN(S(=O)(=O)c2cccc(S(=O)(=O)N3CCCC3)c2)C1C. The standard InChI is InChI=1S/C16H25N3O4S2/c1-13-14(2)19(11-8-17-13)25(22,23)16-7-5-6-15(12-16)24(20,21)18-9-3-4-10-18/h5-7,12-14,17H,3-4,8-11H2,1-2H3. The summed E-state index contributed by atoms with van der Waals surface area (Å²) in [5.74, 6) is 0. The quantitative estimate of drug-likeness (QED) is 0.827. The molecule has 0 amide bonds. The molecule has 2 saturated heterocycles. The van der Waals surface area contributed by atoms with E-state index in [4.69, 9.17) is 0 Å². The summed E-state index contributed by atoms with van der Waals surface area (Å²) in [6.07, 6.45) is 1.68. The van der Waals surface area contributed by atoms with Gasteiger partial charge in [-0.2, -0.15) is 8.61 Å². The molecule has 1 N–H and O–H groups in total. The number of nitrogens with one attached hydrogen (secondary N) is 1. The van der Waals surface area contributed by atoms with Gasteiger partial charge < -0.3 is 5.32 Å². The van der Waals surface area contributed by atoms with Gasteiger partial charge in [0.15, 0.2) is 0 Å². The molecule has 0 aliphatic carbocycles. The Morgan fingerprint density at radius 2 is 1.56 bits per heavy atom. The number of hydrogen-bond donors (Lipinski definition) is 1. The molecule has 0 spiro atoms. The summed E-state index contributed by atoms with van der Waals surface area (Å²) in [4.78, 5) is 0.0834. The Balaban J connectivity index is 1.95. The molecular weight excluding hydrogens is 362 g/mol. The van der Waals surface area contributed by atoms with Crippen LogP contribution in [-0.4, -0.2) is 63.7 Å². The van der Waals surface area contributed by atoms with E-state index in [2.05, 4.69) is 5.32 Å². The summed E-state index contributed by atoms with van der Waals surface area (Å²) >= 11 is 0. The van der Waals surface area contributed by atoms with Crippen molar-refractivity contribution in [2.24, 2.45) is 0 Å². The van der Waals surface area contributed by atoms with Gasteiger partial charge in [0.05, 0.1) is 9.79 Å². The van der Waals surface area contributed by atoms with Gasteiger partial charge in [-0.3, -0.25) is 0 Å². The van der Waals surface area contributed by atoms with Crippen molar-refractivity contribution in [2.45, 2.75) is 48.6 Å². The number of rotatable bonds is 4. The van der Waals surface area contributed by atoms with Crippen LogP contribution in [0.4, 0.5) is 0 Å². The summed E-state index contributed by atoms with van der Waals surface area (Å²) < 4.78 is 54.4. The third-order valence-corrected chi connectivity index (χ3v) is 8.97. The van der Waals surface area contributed by atoms with Gasteiger partial charge in [-0.05, 0) is 44.9 Å². The molecule has 0 saturated carbocycles. The molecule has 2 fully saturated rings. The van der Waals surface area contributed by atoms with E-state index in [-0.39, 0.29) is 21.9 Å². The third-order valence-electron chi connectivity index (χ3n) is 5.09. The van der Waals surface area contributed by atoms with Crippen LogP contribution in [0, 0.1) is 0 Å². The fourth-order valence-corrected chi connectivity index (χ4v) is 6.76. The van der Waals surface area contributed by atoms with E-state index in [1.807, 2.05) is 13.8 Å². The Morgan fingerprint density at radius 1 is 0.960 bits per heavy atom. The van der Waals surface area contributed by atoms with E-state index in [9.17, 15) is 16.8 Å². The molecule has 2 aliphatic heterocycles. The van der Waals surface area contributed by atoms with Crippen molar-refractivity contribution in [3.63, 3.8) is 0 Å². The second-order valence-corrected chi connectivity index (χ2v) is 10.5. The molecular formula is C16H25N3O4S2. The van der Waals surface area contributed by atoms with Crippen molar-refractivity contribution in [2.75, 3.05) is 26.2 Å². The molecule has 140 valence electrons. The molecule has 1 aromatic rings. The summed E-state index contributed by atoms with van der Waals surface area (Å²) in [5, 5.41) is 3.25. The molecule has 3 rings (SSSR count). The molecule has 0 aromatic heterocycles. The summed E-state index contributed by atoms with van der Waals surface area (Å²) in [5.41, 5.74) is 0. The Hall–Kier alpha value is -1.00. The van der Waals surface area contributed by atoms with Gasteiger partial charge in [-0.15, -0.1) is 0 Å². The highest BCUT2D eigenvalue weighted by atomic mass is 32.2. The Bertz CT molecular complexity index is 833. The lowest BCUT2D eigenvalue weighted by atomic mass is 10.1. The molecule has 0 radical (unpaired) electrons. The van der Waals surface area contributed by atoms with E-state index in [0.29, 0.717) is 26.2 Å². The zero-order valence-electron chi connectivity index (χ0n) is 14.6. The van der Waals surface area contributed by atoms with Crippen molar-refractivity contribution in [3.05, 3.63) is 24.3 Å². The van der Waals surface area contributed by atoms with E-state index in [1.54, 1.807) is 0 Å². The van der Waals surface area contributed by atoms with Crippen molar-refractivity contribution >= 4 is 20.0 Å². The van der Waals surface area contributed by atoms with Crippen LogP contribution in [0.15, 0.2) is 34.1 Å². The smallest absolute Gasteiger partial charge is 0.243 e. The highest BCUT2D eigenvalue weighted by Crippen LogP contribution is 2.26. The largest absolute Gasteiger partial charge is 0.311 e. The number of nitrogens with zero attached hydrogens (tertiary/aromatic N) is 2. The first-order valence-electron chi connectivity index (χ1n) is 8.60. The van der Waals surface area contributed by atoms with Crippen molar-refractivity contribution in [1.82, 2.24) is 13.9 Å². The fraction of sp³-hybridized carbons (Fsp3) is 0.625. The topological polar surface area (TPSA) is 86.8 Å². The van der Waals surface area contributed by atoms with Crippen molar-refractivity contribution in [1.29, 1.82) is 0 Å². The van der Waals surface area contributed by atoms with Gasteiger partial charge in [0.2, 0.25) is 20.0 Å². The van der Waals surface area contributed by atoms with Gasteiger partial charge in [0.25, 0.3) is 0 Å². The Labute approximate surface area is 150 Å². The molecule has 2 heterocycles. The summed E-state index contributed by atoms with van der Waals surface area (Å²) in [7, 11) is -7.38. The Morgan fingerprint density at radius 3 is 2.20 bits per heavy atom. The van der Waals surface area contributed by atoms with E-state index in [0.717, 1.165) is 12.8 Å². The summed E-state index contributed by atoms with van der Waals surface area (Å²) in [6, 6.07) is 5.58. The lowest BCUT2D eigenvalue weighted by molar-refractivity contribution is 0.233. The number of benzene rings is 1. The zero-order chi connectivity index (χ0) is 18.2. The van der Waals surface area contributed by atoms with Gasteiger partial charge in [-0.1, -0.05) is 6.07 Å². The average molecular weight is 388 g/mol. The third kappa shape index (κ3) is 3.48. The van der Waals surface area contributed by atoms with Gasteiger partial charge in [-0.25, -0.2) is 16.8 Å². The molecule has 7 nitrogen and oxygen atoms in total. The number of piperazine rings is 1. The monoisotopic (exact) mass is 387 g/mol. The highest BCUT2D eigenvalue weighted by Gasteiger charge is 2.35. The molecule has 2 atom stereocenters. The minimum absolute atomic E-state index is 0.0359. The Kier molecular flexibility index (Phi) is 5.23. The number of sulfonamides is 2. The van der Waals surface area contributed by atoms with Crippen LogP contribution in [0.2, 0.25) is 0 Å². The zero-order valence-corrected chi connectivity index (χ0v) is 16.2. The van der Waals surface area contributed by atoms with Crippen LogP contribution >= 0.6 is 0 Å². The maximum absolute atomic E-state index is 13.0. The molecule has 9 heteroatoms. The minimum Gasteiger partial charge on any atom is -0.311 e. The second kappa shape index (κ2) is 6.96. The van der Waals surface area contributed by atoms with Crippen LogP contribution in [0.3, 0.4) is 0 Å². The lowest BCUT2D eigenvalue weighted by Crippen LogP contribution is -2.57. The van der Waals surface area contributed by atoms with Gasteiger partial charge in [0, 0.05) is 38.3 Å². The van der Waals surface area contributed by atoms with E-state index in [1.165, 1.54) is 32.9 Å². The van der Waals surface area contributed by atoms with E-state index < -0.39 is 20.0 Å². The van der Waals surface area contributed by atoms with Crippen LogP contribution in [0.5, 0.6) is 0 Å². The predicted octanol–water partition coefficient (Wildman–Crippen LogP) is 0.842. The maximum atomic E-state index is 13.0. The fourth-order valence-electron chi connectivity index (χ4n) is 3.37. The molecule has 1 aromatic carbocycles. The van der Waals surface area contributed by atoms with Crippen LogP contribution in [-0.2, 0) is 20.0 Å². The first-order valence-corrected chi connectivity index (χ1v) is 11.5. The molecule has 0 bridgehead atoms. The predicted molar refractivity (Wildman–Crippen MR) is 95.3 cm³/mol. The van der Waals surface area contributed by atoms with Gasteiger partial charge in [0.1, 0.15) is 0 Å². The van der Waals surface area contributed by atoms with Crippen LogP contribution < -0.4 is 5.32 Å². The highest BCUT2D eigenvalue weighted by molar-refractivity contribution is 7.90. The second-order valence-electron chi connectivity index (χ2n) is 6.69. The van der Waals surface area contributed by atoms with Crippen molar-refractivity contribution in [3.8, 4) is 0 Å². The van der Waals surface area contributed by atoms with Crippen LogP contribution in [0.25, 0.3) is 0 Å². The minimum atomic E-state index is -3.74. The molecule has 2 aliphatic rings. The first-order chi connectivity index (χ1) is 11.7. The normalized spacial score (nSPS) is 26.8. The molecule has 25 heavy (non-hydrogen) atoms.